The average molecular weight is 404 g/mol. The first-order chi connectivity index (χ1) is 13.9. The third kappa shape index (κ3) is 4.74. The second-order valence-electron chi connectivity index (χ2n) is 10.8. The Morgan fingerprint density at radius 3 is 2.21 bits per heavy atom. The molecule has 0 aromatic rings. The summed E-state index contributed by atoms with van der Waals surface area (Å²) in [6.45, 7) is 17.3. The summed E-state index contributed by atoms with van der Waals surface area (Å²) in [7, 11) is 0. The maximum Gasteiger partial charge on any atom is 0.000744 e. The molecule has 0 heterocycles. The summed E-state index contributed by atoms with van der Waals surface area (Å²) >= 11 is 0. The van der Waals surface area contributed by atoms with Crippen molar-refractivity contribution in [3.8, 4) is 0 Å². The first-order valence-electron chi connectivity index (χ1n) is 13.4. The lowest BCUT2D eigenvalue weighted by molar-refractivity contribution is -0.111. The Morgan fingerprint density at radius 1 is 0.828 bits per heavy atom. The van der Waals surface area contributed by atoms with Crippen LogP contribution in [0.4, 0.5) is 0 Å². The van der Waals surface area contributed by atoms with Gasteiger partial charge in [0.2, 0.25) is 0 Å². The van der Waals surface area contributed by atoms with Crippen LogP contribution in [0.15, 0.2) is 12.3 Å². The zero-order valence-electron chi connectivity index (χ0n) is 20.9. The first kappa shape index (κ1) is 24.8. The zero-order valence-corrected chi connectivity index (χ0v) is 20.9. The maximum absolute atomic E-state index is 5.81. The van der Waals surface area contributed by atoms with Crippen LogP contribution in [-0.2, 0) is 0 Å². The van der Waals surface area contributed by atoms with Gasteiger partial charge < -0.3 is 5.73 Å². The molecule has 7 atom stereocenters. The van der Waals surface area contributed by atoms with Gasteiger partial charge in [-0.3, -0.25) is 0 Å². The average Bonchev–Trinajstić information content (AvgIpc) is 3.07. The van der Waals surface area contributed by atoms with Crippen molar-refractivity contribution >= 4 is 0 Å². The summed E-state index contributed by atoms with van der Waals surface area (Å²) in [5.74, 6) is 5.13. The van der Waals surface area contributed by atoms with Crippen molar-refractivity contribution in [1.29, 1.82) is 0 Å². The third-order valence-electron chi connectivity index (χ3n) is 9.83. The van der Waals surface area contributed by atoms with Crippen LogP contribution in [0.2, 0.25) is 0 Å². The molecule has 4 saturated carbocycles. The summed E-state index contributed by atoms with van der Waals surface area (Å²) in [5.41, 5.74) is 8.02. The summed E-state index contributed by atoms with van der Waals surface area (Å²) in [6, 6.07) is 0. The second-order valence-corrected chi connectivity index (χ2v) is 10.8. The van der Waals surface area contributed by atoms with Gasteiger partial charge >= 0.3 is 0 Å². The molecular formula is C28H53N. The van der Waals surface area contributed by atoms with E-state index in [4.69, 9.17) is 5.73 Å². The Kier molecular flexibility index (Phi) is 9.17. The van der Waals surface area contributed by atoms with Crippen LogP contribution in [0.1, 0.15) is 125 Å². The Balaban J connectivity index is 0.000000707. The second kappa shape index (κ2) is 10.7. The molecule has 1 heteroatoms. The molecule has 2 N–H and O–H groups in total. The lowest BCUT2D eigenvalue weighted by atomic mass is 9.45. The Hall–Kier alpha value is -0.460. The van der Waals surface area contributed by atoms with Crippen LogP contribution in [0, 0.1) is 40.4 Å². The van der Waals surface area contributed by atoms with Gasteiger partial charge in [-0.1, -0.05) is 61.0 Å². The SMILES string of the molecule is C=C(N)CCCC1CCC2C3CCC4CCCCC4(C)C3CCC12C.CC.CC. The molecule has 7 unspecified atom stereocenters. The number of fused-ring (bicyclic) bond motifs is 5. The molecule has 0 saturated heterocycles. The molecule has 0 aromatic carbocycles. The van der Waals surface area contributed by atoms with Crippen molar-refractivity contribution in [1.82, 2.24) is 0 Å². The van der Waals surface area contributed by atoms with E-state index in [1.54, 1.807) is 12.8 Å². The molecule has 1 nitrogen and oxygen atoms in total. The number of rotatable bonds is 4. The molecule has 4 aliphatic carbocycles. The highest BCUT2D eigenvalue weighted by Crippen LogP contribution is 2.67. The van der Waals surface area contributed by atoms with Gasteiger partial charge in [-0.2, -0.15) is 0 Å². The summed E-state index contributed by atoms with van der Waals surface area (Å²) in [5, 5.41) is 0. The molecule has 4 rings (SSSR count). The van der Waals surface area contributed by atoms with E-state index in [1.165, 1.54) is 64.2 Å². The van der Waals surface area contributed by atoms with Gasteiger partial charge in [-0.05, 0) is 111 Å². The Bertz CT molecular complexity index is 510. The third-order valence-corrected chi connectivity index (χ3v) is 9.83. The van der Waals surface area contributed by atoms with Crippen molar-refractivity contribution in [2.75, 3.05) is 0 Å². The fraction of sp³-hybridized carbons (Fsp3) is 0.929. The van der Waals surface area contributed by atoms with Gasteiger partial charge in [0.25, 0.3) is 0 Å². The summed E-state index contributed by atoms with van der Waals surface area (Å²) < 4.78 is 0. The predicted molar refractivity (Wildman–Crippen MR) is 130 cm³/mol. The molecule has 0 aliphatic heterocycles. The van der Waals surface area contributed by atoms with Crippen LogP contribution >= 0.6 is 0 Å². The molecule has 0 aromatic heterocycles. The monoisotopic (exact) mass is 403 g/mol. The highest BCUT2D eigenvalue weighted by molar-refractivity contribution is 5.08. The summed E-state index contributed by atoms with van der Waals surface area (Å²) in [6.07, 6.45) is 18.9. The van der Waals surface area contributed by atoms with Gasteiger partial charge in [0.15, 0.2) is 0 Å². The van der Waals surface area contributed by atoms with E-state index >= 15 is 0 Å². The van der Waals surface area contributed by atoms with E-state index in [2.05, 4.69) is 20.4 Å². The van der Waals surface area contributed by atoms with Crippen LogP contribution in [0.3, 0.4) is 0 Å². The molecule has 0 spiro atoms. The first-order valence-corrected chi connectivity index (χ1v) is 13.4. The minimum Gasteiger partial charge on any atom is -0.403 e. The van der Waals surface area contributed by atoms with Gasteiger partial charge in [-0.15, -0.1) is 0 Å². The minimum atomic E-state index is 0.634. The highest BCUT2D eigenvalue weighted by atomic mass is 14.6. The molecule has 0 bridgehead atoms. The van der Waals surface area contributed by atoms with Crippen LogP contribution in [-0.4, -0.2) is 0 Å². The van der Waals surface area contributed by atoms with E-state index < -0.39 is 0 Å². The maximum atomic E-state index is 5.81. The fourth-order valence-electron chi connectivity index (χ4n) is 8.45. The number of hydrogen-bond acceptors (Lipinski definition) is 1. The van der Waals surface area contributed by atoms with Gasteiger partial charge in [0.05, 0.1) is 0 Å². The van der Waals surface area contributed by atoms with Gasteiger partial charge in [0.1, 0.15) is 0 Å². The molecule has 170 valence electrons. The number of allylic oxidation sites excluding steroid dienone is 1. The standard InChI is InChI=1S/C24H41N.2C2H6/c1-17(25)7-6-9-19-11-13-21-20-12-10-18-8-4-5-15-23(18,2)22(20)14-16-24(19,21)3;2*1-2/h18-22H,1,4-16,25H2,2-3H3;2*1-2H3. The van der Waals surface area contributed by atoms with Crippen molar-refractivity contribution < 1.29 is 0 Å². The van der Waals surface area contributed by atoms with Gasteiger partial charge in [-0.25, -0.2) is 0 Å². The molecule has 4 aliphatic rings. The van der Waals surface area contributed by atoms with Crippen LogP contribution in [0.25, 0.3) is 0 Å². The Morgan fingerprint density at radius 2 is 1.52 bits per heavy atom. The quantitative estimate of drug-likeness (QED) is 0.499. The lowest BCUT2D eigenvalue weighted by Gasteiger charge is -2.60. The van der Waals surface area contributed by atoms with E-state index in [0.717, 1.165) is 41.7 Å². The minimum absolute atomic E-state index is 0.634. The lowest BCUT2D eigenvalue weighted by Crippen LogP contribution is -2.52. The fourth-order valence-corrected chi connectivity index (χ4v) is 8.45. The topological polar surface area (TPSA) is 26.0 Å². The molecule has 0 radical (unpaired) electrons. The molecule has 29 heavy (non-hydrogen) atoms. The molecule has 4 fully saturated rings. The molecular weight excluding hydrogens is 350 g/mol. The van der Waals surface area contributed by atoms with E-state index in [-0.39, 0.29) is 0 Å². The smallest absolute Gasteiger partial charge is 0.000744 e. The van der Waals surface area contributed by atoms with Crippen molar-refractivity contribution in [2.45, 2.75) is 125 Å². The normalized spacial score (nSPS) is 42.8. The van der Waals surface area contributed by atoms with Crippen molar-refractivity contribution in [3.63, 3.8) is 0 Å². The molecule has 0 amide bonds. The summed E-state index contributed by atoms with van der Waals surface area (Å²) in [4.78, 5) is 0. The zero-order chi connectivity index (χ0) is 21.7. The Labute approximate surface area is 183 Å². The van der Waals surface area contributed by atoms with Crippen LogP contribution < -0.4 is 5.73 Å². The van der Waals surface area contributed by atoms with E-state index in [1.807, 2.05) is 27.7 Å². The van der Waals surface area contributed by atoms with Gasteiger partial charge in [0, 0.05) is 5.70 Å². The number of hydrogen-bond donors (Lipinski definition) is 1. The largest absolute Gasteiger partial charge is 0.403 e. The van der Waals surface area contributed by atoms with Crippen LogP contribution in [0.5, 0.6) is 0 Å². The number of nitrogens with two attached hydrogens (primary N) is 1. The van der Waals surface area contributed by atoms with Crippen molar-refractivity contribution in [2.24, 2.45) is 46.2 Å². The van der Waals surface area contributed by atoms with Crippen molar-refractivity contribution in [3.05, 3.63) is 12.3 Å². The predicted octanol–water partition coefficient (Wildman–Crippen LogP) is 8.73. The highest BCUT2D eigenvalue weighted by Gasteiger charge is 2.59. The van der Waals surface area contributed by atoms with E-state index in [9.17, 15) is 0 Å². The van der Waals surface area contributed by atoms with E-state index in [0.29, 0.717) is 10.8 Å².